The highest BCUT2D eigenvalue weighted by atomic mass is 32.2. The van der Waals surface area contributed by atoms with E-state index in [0.717, 1.165) is 4.90 Å². The minimum Gasteiger partial charge on any atom is -0.449 e. The lowest BCUT2D eigenvalue weighted by Crippen LogP contribution is -2.30. The van der Waals surface area contributed by atoms with Crippen molar-refractivity contribution >= 4 is 45.9 Å². The van der Waals surface area contributed by atoms with Gasteiger partial charge in [0.15, 0.2) is 6.10 Å². The van der Waals surface area contributed by atoms with Gasteiger partial charge in [-0.2, -0.15) is 0 Å². The van der Waals surface area contributed by atoms with Crippen LogP contribution in [0.25, 0.3) is 0 Å². The van der Waals surface area contributed by atoms with Crippen LogP contribution in [0.3, 0.4) is 0 Å². The van der Waals surface area contributed by atoms with Gasteiger partial charge in [-0.3, -0.25) is 9.59 Å². The van der Waals surface area contributed by atoms with Crippen LogP contribution < -0.4 is 11.1 Å². The first-order chi connectivity index (χ1) is 11.4. The molecule has 1 aromatic carbocycles. The lowest BCUT2D eigenvalue weighted by atomic mass is 10.2. The van der Waals surface area contributed by atoms with Crippen molar-refractivity contribution in [1.82, 2.24) is 0 Å². The predicted molar refractivity (Wildman–Crippen MR) is 94.6 cm³/mol. The first-order valence-electron chi connectivity index (χ1n) is 6.95. The van der Waals surface area contributed by atoms with Crippen LogP contribution in [0.2, 0.25) is 0 Å². The van der Waals surface area contributed by atoms with E-state index in [1.54, 1.807) is 41.4 Å². The number of anilines is 1. The van der Waals surface area contributed by atoms with Gasteiger partial charge in [-0.05, 0) is 48.9 Å². The molecule has 1 heterocycles. The second-order valence-corrected chi connectivity index (χ2v) is 6.59. The van der Waals surface area contributed by atoms with E-state index in [9.17, 15) is 14.4 Å². The minimum absolute atomic E-state index is 0.222. The Kier molecular flexibility index (Phi) is 5.99. The molecule has 0 aliphatic rings. The number of esters is 1. The number of hydrogen-bond acceptors (Lipinski definition) is 6. The minimum atomic E-state index is -1.01. The van der Waals surface area contributed by atoms with Gasteiger partial charge in [-0.15, -0.1) is 23.1 Å². The Morgan fingerprint density at radius 1 is 1.21 bits per heavy atom. The van der Waals surface area contributed by atoms with Crippen molar-refractivity contribution in [3.63, 3.8) is 0 Å². The average molecular weight is 364 g/mol. The Morgan fingerprint density at radius 3 is 2.46 bits per heavy atom. The number of benzene rings is 1. The monoisotopic (exact) mass is 364 g/mol. The fraction of sp³-hybridized carbons (Fsp3) is 0.188. The number of thiophene rings is 1. The van der Waals surface area contributed by atoms with E-state index in [-0.39, 0.29) is 5.56 Å². The Morgan fingerprint density at radius 2 is 1.88 bits per heavy atom. The number of thioether (sulfide) groups is 1. The van der Waals surface area contributed by atoms with E-state index in [0.29, 0.717) is 10.6 Å². The number of primary amides is 1. The lowest BCUT2D eigenvalue weighted by molar-refractivity contribution is -0.123. The topological polar surface area (TPSA) is 98.5 Å². The van der Waals surface area contributed by atoms with Crippen molar-refractivity contribution in [2.24, 2.45) is 5.73 Å². The molecule has 2 aromatic rings. The molecular formula is C16H16N2O4S2. The summed E-state index contributed by atoms with van der Waals surface area (Å²) in [5.41, 5.74) is 5.80. The van der Waals surface area contributed by atoms with Crippen LogP contribution in [-0.2, 0) is 9.53 Å². The summed E-state index contributed by atoms with van der Waals surface area (Å²) in [5, 5.41) is 4.52. The number of nitrogens with one attached hydrogen (secondary N) is 1. The largest absolute Gasteiger partial charge is 0.449 e. The van der Waals surface area contributed by atoms with E-state index in [1.165, 1.54) is 24.3 Å². The van der Waals surface area contributed by atoms with E-state index in [2.05, 4.69) is 5.32 Å². The highest BCUT2D eigenvalue weighted by Gasteiger charge is 2.21. The first-order valence-corrected chi connectivity index (χ1v) is 9.06. The Labute approximate surface area is 147 Å². The van der Waals surface area contributed by atoms with E-state index >= 15 is 0 Å². The van der Waals surface area contributed by atoms with Crippen LogP contribution in [0.15, 0.2) is 40.6 Å². The highest BCUT2D eigenvalue weighted by Crippen LogP contribution is 2.23. The molecule has 0 bridgehead atoms. The summed E-state index contributed by atoms with van der Waals surface area (Å²) in [6.07, 6.45) is 0.922. The number of rotatable bonds is 6. The molecule has 0 saturated heterocycles. The molecule has 6 nitrogen and oxygen atoms in total. The van der Waals surface area contributed by atoms with Gasteiger partial charge in [-0.1, -0.05) is 0 Å². The molecule has 3 N–H and O–H groups in total. The number of amides is 2. The third kappa shape index (κ3) is 4.36. The van der Waals surface area contributed by atoms with E-state index in [1.807, 2.05) is 6.26 Å². The maximum absolute atomic E-state index is 12.1. The highest BCUT2D eigenvalue weighted by molar-refractivity contribution is 7.98. The quantitative estimate of drug-likeness (QED) is 0.607. The molecule has 0 saturated carbocycles. The maximum Gasteiger partial charge on any atom is 0.338 e. The molecule has 2 amide bonds. The Bertz CT molecular complexity index is 756. The summed E-state index contributed by atoms with van der Waals surface area (Å²) < 4.78 is 5.15. The van der Waals surface area contributed by atoms with E-state index in [4.69, 9.17) is 10.5 Å². The van der Waals surface area contributed by atoms with Crippen molar-refractivity contribution in [1.29, 1.82) is 0 Å². The molecular weight excluding hydrogens is 348 g/mol. The summed E-state index contributed by atoms with van der Waals surface area (Å²) >= 11 is 2.73. The second-order valence-electron chi connectivity index (χ2n) is 4.79. The summed E-state index contributed by atoms with van der Waals surface area (Å²) in [5.74, 6) is -1.76. The van der Waals surface area contributed by atoms with Gasteiger partial charge in [0.25, 0.3) is 11.8 Å². The van der Waals surface area contributed by atoms with Crippen LogP contribution in [0.1, 0.15) is 27.6 Å². The van der Waals surface area contributed by atoms with Crippen LogP contribution in [-0.4, -0.2) is 30.1 Å². The summed E-state index contributed by atoms with van der Waals surface area (Å²) in [6.45, 7) is 1.46. The van der Waals surface area contributed by atoms with Gasteiger partial charge in [0.05, 0.1) is 11.1 Å². The Balaban J connectivity index is 1.98. The third-order valence-corrected chi connectivity index (χ3v) is 4.72. The van der Waals surface area contributed by atoms with Crippen LogP contribution in [0.5, 0.6) is 0 Å². The number of hydrogen-bond donors (Lipinski definition) is 2. The number of carbonyl (C=O) groups excluding carboxylic acids is 3. The third-order valence-electron chi connectivity index (χ3n) is 3.15. The van der Waals surface area contributed by atoms with Crippen molar-refractivity contribution in [3.05, 3.63) is 46.8 Å². The molecule has 2 rings (SSSR count). The molecule has 1 aromatic heterocycles. The van der Waals surface area contributed by atoms with E-state index < -0.39 is 23.9 Å². The van der Waals surface area contributed by atoms with Crippen molar-refractivity contribution in [3.8, 4) is 0 Å². The fourth-order valence-corrected chi connectivity index (χ4v) is 3.03. The summed E-state index contributed by atoms with van der Waals surface area (Å²) in [7, 11) is 0. The zero-order valence-corrected chi connectivity index (χ0v) is 14.7. The van der Waals surface area contributed by atoms with Crippen LogP contribution in [0.4, 0.5) is 5.00 Å². The van der Waals surface area contributed by atoms with Crippen molar-refractivity contribution in [2.75, 3.05) is 11.6 Å². The van der Waals surface area contributed by atoms with Crippen LogP contribution >= 0.6 is 23.1 Å². The van der Waals surface area contributed by atoms with Crippen LogP contribution in [0, 0.1) is 0 Å². The normalized spacial score (nSPS) is 11.6. The Hall–Kier alpha value is -2.32. The molecule has 0 aliphatic carbocycles. The molecule has 0 aliphatic heterocycles. The molecule has 0 spiro atoms. The molecule has 1 atom stereocenters. The standard InChI is InChI=1S/C16H16N2O4S2/c1-9(14(20)18-15-12(13(17)19)7-8-24-15)22-16(21)10-3-5-11(23-2)6-4-10/h3-9H,1-2H3,(H2,17,19)(H,18,20)/t9-/m1/s1. The van der Waals surface area contributed by atoms with Gasteiger partial charge >= 0.3 is 5.97 Å². The van der Waals surface area contributed by atoms with Gasteiger partial charge in [-0.25, -0.2) is 4.79 Å². The average Bonchev–Trinajstić information content (AvgIpc) is 3.03. The number of nitrogens with two attached hydrogens (primary N) is 1. The van der Waals surface area contributed by atoms with Gasteiger partial charge in [0.1, 0.15) is 5.00 Å². The zero-order chi connectivity index (χ0) is 17.7. The molecule has 0 fully saturated rings. The predicted octanol–water partition coefficient (Wildman–Crippen LogP) is 2.75. The molecule has 8 heteroatoms. The molecule has 126 valence electrons. The smallest absolute Gasteiger partial charge is 0.338 e. The molecule has 0 radical (unpaired) electrons. The zero-order valence-electron chi connectivity index (χ0n) is 13.1. The summed E-state index contributed by atoms with van der Waals surface area (Å²) in [4.78, 5) is 36.4. The number of carbonyl (C=O) groups is 3. The second kappa shape index (κ2) is 7.98. The van der Waals surface area contributed by atoms with Crippen molar-refractivity contribution in [2.45, 2.75) is 17.9 Å². The van der Waals surface area contributed by atoms with Crippen molar-refractivity contribution < 1.29 is 19.1 Å². The maximum atomic E-state index is 12.1. The number of ether oxygens (including phenoxy) is 1. The van der Waals surface area contributed by atoms with Gasteiger partial charge in [0, 0.05) is 4.90 Å². The summed E-state index contributed by atoms with van der Waals surface area (Å²) in [6, 6.07) is 8.41. The SMILES string of the molecule is CSc1ccc(C(=O)O[C@H](C)C(=O)Nc2sccc2C(N)=O)cc1. The van der Waals surface area contributed by atoms with Gasteiger partial charge < -0.3 is 15.8 Å². The fourth-order valence-electron chi connectivity index (χ4n) is 1.82. The lowest BCUT2D eigenvalue weighted by Gasteiger charge is -2.13. The molecule has 24 heavy (non-hydrogen) atoms. The van der Waals surface area contributed by atoms with Gasteiger partial charge in [0.2, 0.25) is 0 Å². The molecule has 0 unspecified atom stereocenters. The first kappa shape index (κ1) is 18.0.